The van der Waals surface area contributed by atoms with Crippen LogP contribution in [0.15, 0.2) is 42.5 Å². The van der Waals surface area contributed by atoms with Gasteiger partial charge >= 0.3 is 5.97 Å². The van der Waals surface area contributed by atoms with Crippen molar-refractivity contribution >= 4 is 23.1 Å². The first-order valence-corrected chi connectivity index (χ1v) is 8.25. The largest absolute Gasteiger partial charge is 0.505 e. The molecule has 0 aliphatic carbocycles. The molecule has 1 aromatic heterocycles. The van der Waals surface area contributed by atoms with Gasteiger partial charge in [0, 0.05) is 11.6 Å². The van der Waals surface area contributed by atoms with E-state index in [1.807, 2.05) is 51.1 Å². The first kappa shape index (κ1) is 17.7. The molecule has 0 spiro atoms. The van der Waals surface area contributed by atoms with E-state index >= 15 is 0 Å². The standard InChI is InChI=1S/C20H21N3O3/c1-20(2,3)14-11-13(9-10-18(24)26-4)12-17(19(14)25)23-21-15-7-5-6-8-16(15)22-23/h5-12,25H,1-4H3/b10-9+. The summed E-state index contributed by atoms with van der Waals surface area (Å²) in [6, 6.07) is 11.1. The van der Waals surface area contributed by atoms with E-state index in [9.17, 15) is 9.90 Å². The lowest BCUT2D eigenvalue weighted by molar-refractivity contribution is -0.134. The minimum Gasteiger partial charge on any atom is -0.505 e. The summed E-state index contributed by atoms with van der Waals surface area (Å²) in [5, 5.41) is 19.7. The number of phenols is 1. The van der Waals surface area contributed by atoms with E-state index in [2.05, 4.69) is 14.9 Å². The molecule has 134 valence electrons. The summed E-state index contributed by atoms with van der Waals surface area (Å²) >= 11 is 0. The third kappa shape index (κ3) is 3.44. The zero-order chi connectivity index (χ0) is 18.9. The number of benzene rings is 2. The molecule has 3 rings (SSSR count). The number of carbonyl (C=O) groups is 1. The number of aromatic hydroxyl groups is 1. The molecule has 0 saturated carbocycles. The van der Waals surface area contributed by atoms with E-state index in [0.29, 0.717) is 5.69 Å². The Bertz CT molecular complexity index is 964. The van der Waals surface area contributed by atoms with Crippen LogP contribution in [-0.4, -0.2) is 33.2 Å². The lowest BCUT2D eigenvalue weighted by Crippen LogP contribution is -2.13. The minimum atomic E-state index is -0.445. The van der Waals surface area contributed by atoms with Gasteiger partial charge in [-0.1, -0.05) is 32.9 Å². The zero-order valence-electron chi connectivity index (χ0n) is 15.2. The van der Waals surface area contributed by atoms with Crippen LogP contribution in [0.4, 0.5) is 0 Å². The highest BCUT2D eigenvalue weighted by atomic mass is 16.5. The van der Waals surface area contributed by atoms with Gasteiger partial charge in [0.05, 0.1) is 7.11 Å². The molecule has 0 radical (unpaired) electrons. The quantitative estimate of drug-likeness (QED) is 0.576. The topological polar surface area (TPSA) is 77.2 Å². The van der Waals surface area contributed by atoms with E-state index in [1.165, 1.54) is 18.0 Å². The van der Waals surface area contributed by atoms with Gasteiger partial charge in [-0.05, 0) is 41.3 Å². The third-order valence-electron chi connectivity index (χ3n) is 4.04. The number of fused-ring (bicyclic) bond motifs is 1. The van der Waals surface area contributed by atoms with Gasteiger partial charge < -0.3 is 9.84 Å². The monoisotopic (exact) mass is 351 g/mol. The van der Waals surface area contributed by atoms with Gasteiger partial charge in [-0.15, -0.1) is 15.0 Å². The summed E-state index contributed by atoms with van der Waals surface area (Å²) in [7, 11) is 1.33. The first-order valence-electron chi connectivity index (χ1n) is 8.25. The average molecular weight is 351 g/mol. The predicted octanol–water partition coefficient (Wildman–Crippen LogP) is 3.61. The van der Waals surface area contributed by atoms with Crippen LogP contribution < -0.4 is 0 Å². The van der Waals surface area contributed by atoms with Crippen molar-refractivity contribution in [2.75, 3.05) is 7.11 Å². The first-order chi connectivity index (χ1) is 12.3. The number of nitrogens with zero attached hydrogens (tertiary/aromatic N) is 3. The maximum absolute atomic E-state index is 11.4. The van der Waals surface area contributed by atoms with Crippen LogP contribution in [0.3, 0.4) is 0 Å². The lowest BCUT2D eigenvalue weighted by Gasteiger charge is -2.22. The van der Waals surface area contributed by atoms with Gasteiger partial charge in [0.25, 0.3) is 0 Å². The molecule has 0 aliphatic rings. The molecule has 0 aliphatic heterocycles. The molecule has 0 unspecified atom stereocenters. The lowest BCUT2D eigenvalue weighted by atomic mass is 9.85. The third-order valence-corrected chi connectivity index (χ3v) is 4.04. The van der Waals surface area contributed by atoms with E-state index in [1.54, 1.807) is 12.1 Å². The number of hydrogen-bond donors (Lipinski definition) is 1. The average Bonchev–Trinajstić information content (AvgIpc) is 3.03. The van der Waals surface area contributed by atoms with Crippen molar-refractivity contribution in [3.05, 3.63) is 53.6 Å². The maximum Gasteiger partial charge on any atom is 0.330 e. The Morgan fingerprint density at radius 3 is 2.31 bits per heavy atom. The molecule has 0 fully saturated rings. The Balaban J connectivity index is 2.19. The second kappa shape index (κ2) is 6.63. The normalized spacial score (nSPS) is 12.0. The minimum absolute atomic E-state index is 0.119. The number of ether oxygens (including phenoxy) is 1. The Labute approximate surface area is 151 Å². The summed E-state index contributed by atoms with van der Waals surface area (Å²) in [5.41, 5.74) is 3.11. The van der Waals surface area contributed by atoms with Crippen molar-refractivity contribution in [2.45, 2.75) is 26.2 Å². The van der Waals surface area contributed by atoms with Crippen LogP contribution in [0.1, 0.15) is 31.9 Å². The molecule has 1 heterocycles. The number of aromatic nitrogens is 3. The molecule has 1 N–H and O–H groups in total. The smallest absolute Gasteiger partial charge is 0.330 e. The Morgan fingerprint density at radius 1 is 1.15 bits per heavy atom. The zero-order valence-corrected chi connectivity index (χ0v) is 15.2. The summed E-state index contributed by atoms with van der Waals surface area (Å²) in [6.07, 6.45) is 2.99. The van der Waals surface area contributed by atoms with E-state index in [-0.39, 0.29) is 11.2 Å². The molecular weight excluding hydrogens is 330 g/mol. The van der Waals surface area contributed by atoms with Crippen molar-refractivity contribution in [3.63, 3.8) is 0 Å². The molecule has 0 atom stereocenters. The Hall–Kier alpha value is -3.15. The number of esters is 1. The van der Waals surface area contributed by atoms with Crippen LogP contribution in [-0.2, 0) is 14.9 Å². The Kier molecular flexibility index (Phi) is 4.50. The summed E-state index contributed by atoms with van der Waals surface area (Å²) < 4.78 is 4.64. The highest BCUT2D eigenvalue weighted by Crippen LogP contribution is 2.36. The van der Waals surface area contributed by atoms with Crippen LogP contribution in [0, 0.1) is 0 Å². The fourth-order valence-electron chi connectivity index (χ4n) is 2.66. The van der Waals surface area contributed by atoms with Crippen molar-refractivity contribution in [1.82, 2.24) is 15.0 Å². The molecule has 0 saturated heterocycles. The number of rotatable bonds is 3. The van der Waals surface area contributed by atoms with Gasteiger partial charge in [-0.3, -0.25) is 0 Å². The van der Waals surface area contributed by atoms with Crippen LogP contribution in [0.5, 0.6) is 5.75 Å². The van der Waals surface area contributed by atoms with Gasteiger partial charge in [0.1, 0.15) is 22.5 Å². The fourth-order valence-corrected chi connectivity index (χ4v) is 2.66. The van der Waals surface area contributed by atoms with Gasteiger partial charge in [-0.25, -0.2) is 4.79 Å². The van der Waals surface area contributed by atoms with Crippen LogP contribution in [0.25, 0.3) is 22.8 Å². The molecule has 2 aromatic carbocycles. The SMILES string of the molecule is COC(=O)/C=C/c1cc(-n2nc3ccccc3n2)c(O)c(C(C)(C)C)c1. The summed E-state index contributed by atoms with van der Waals surface area (Å²) in [6.45, 7) is 6.02. The molecule has 3 aromatic rings. The van der Waals surface area contributed by atoms with Crippen molar-refractivity contribution in [3.8, 4) is 11.4 Å². The van der Waals surface area contributed by atoms with E-state index in [4.69, 9.17) is 0 Å². The van der Waals surface area contributed by atoms with E-state index in [0.717, 1.165) is 22.2 Å². The highest BCUT2D eigenvalue weighted by Gasteiger charge is 2.22. The Morgan fingerprint density at radius 2 is 1.77 bits per heavy atom. The molecule has 6 nitrogen and oxygen atoms in total. The highest BCUT2D eigenvalue weighted by molar-refractivity contribution is 5.87. The second-order valence-electron chi connectivity index (χ2n) is 7.02. The number of phenolic OH excluding ortho intramolecular Hbond substituents is 1. The molecule has 26 heavy (non-hydrogen) atoms. The van der Waals surface area contributed by atoms with Crippen molar-refractivity contribution in [1.29, 1.82) is 0 Å². The maximum atomic E-state index is 11.4. The molecule has 0 bridgehead atoms. The fraction of sp³-hybridized carbons (Fsp3) is 0.250. The van der Waals surface area contributed by atoms with Crippen molar-refractivity contribution < 1.29 is 14.6 Å². The van der Waals surface area contributed by atoms with Crippen molar-refractivity contribution in [2.24, 2.45) is 0 Å². The number of methoxy groups -OCH3 is 1. The molecular formula is C20H21N3O3. The molecule has 0 amide bonds. The number of carbonyl (C=O) groups excluding carboxylic acids is 1. The van der Waals surface area contributed by atoms with Gasteiger partial charge in [-0.2, -0.15) is 0 Å². The number of hydrogen-bond acceptors (Lipinski definition) is 5. The second-order valence-corrected chi connectivity index (χ2v) is 7.02. The van der Waals surface area contributed by atoms with Gasteiger partial charge in [0.2, 0.25) is 0 Å². The van der Waals surface area contributed by atoms with Gasteiger partial charge in [0.15, 0.2) is 0 Å². The van der Waals surface area contributed by atoms with Crippen LogP contribution >= 0.6 is 0 Å². The molecule has 6 heteroatoms. The van der Waals surface area contributed by atoms with Crippen LogP contribution in [0.2, 0.25) is 0 Å². The summed E-state index contributed by atoms with van der Waals surface area (Å²) in [5.74, 6) is -0.326. The van der Waals surface area contributed by atoms with E-state index < -0.39 is 5.97 Å². The predicted molar refractivity (Wildman–Crippen MR) is 100 cm³/mol. The summed E-state index contributed by atoms with van der Waals surface area (Å²) in [4.78, 5) is 12.8.